The predicted molar refractivity (Wildman–Crippen MR) is 251 cm³/mol. The molecule has 0 aromatic rings. The van der Waals surface area contributed by atoms with Crippen molar-refractivity contribution >= 4 is 16.3 Å². The van der Waals surface area contributed by atoms with Gasteiger partial charge >= 0.3 is 0 Å². The Labute approximate surface area is 342 Å². The summed E-state index contributed by atoms with van der Waals surface area (Å²) in [6.45, 7) is 22.7. The lowest BCUT2D eigenvalue weighted by atomic mass is 9.82. The fourth-order valence-electron chi connectivity index (χ4n) is 8.48. The minimum atomic E-state index is -0.697. The molecule has 2 aliphatic rings. The SMILES string of the molecule is CC1=C(OPOC2=C(C)CC(C)(C)C=C2)C=CC(C)(C)C1.CCCCCCCCCCCCCC[P+](CCCCCC)(CCCCCC)CCCCCC. The largest absolute Gasteiger partial charge is 0.441 e. The molecule has 0 radical (unpaired) electrons. The summed E-state index contributed by atoms with van der Waals surface area (Å²) in [6.07, 6.45) is 52.8. The Kier molecular flexibility index (Phi) is 29.9. The van der Waals surface area contributed by atoms with Crippen molar-refractivity contribution in [3.8, 4) is 0 Å². The molecule has 316 valence electrons. The van der Waals surface area contributed by atoms with Crippen LogP contribution in [0.1, 0.15) is 236 Å². The van der Waals surface area contributed by atoms with Crippen molar-refractivity contribution in [3.63, 3.8) is 0 Å². The van der Waals surface area contributed by atoms with Crippen LogP contribution in [0.5, 0.6) is 0 Å². The molecular formula is C50H95O2P2+. The highest BCUT2D eigenvalue weighted by molar-refractivity contribution is 7.75. The summed E-state index contributed by atoms with van der Waals surface area (Å²) in [7, 11) is -0.685. The molecule has 0 atom stereocenters. The molecule has 0 unspecified atom stereocenters. The first-order valence-electron chi connectivity index (χ1n) is 23.6. The molecule has 2 nitrogen and oxygen atoms in total. The molecule has 0 aromatic carbocycles. The lowest BCUT2D eigenvalue weighted by Crippen LogP contribution is -2.13. The van der Waals surface area contributed by atoms with Gasteiger partial charge in [-0.3, -0.25) is 0 Å². The summed E-state index contributed by atoms with van der Waals surface area (Å²) in [6, 6.07) is 0. The highest BCUT2D eigenvalue weighted by Gasteiger charge is 2.35. The van der Waals surface area contributed by atoms with Gasteiger partial charge in [-0.15, -0.1) is 0 Å². The zero-order chi connectivity index (χ0) is 40.0. The molecule has 2 aliphatic carbocycles. The summed E-state index contributed by atoms with van der Waals surface area (Å²) in [5, 5.41) is 0. The Morgan fingerprint density at radius 3 is 0.981 bits per heavy atom. The number of rotatable bonds is 32. The highest BCUT2D eigenvalue weighted by atomic mass is 31.2. The van der Waals surface area contributed by atoms with Crippen LogP contribution < -0.4 is 0 Å². The maximum absolute atomic E-state index is 5.82. The van der Waals surface area contributed by atoms with E-state index in [1.807, 2.05) is 0 Å². The minimum Gasteiger partial charge on any atom is -0.441 e. The maximum Gasteiger partial charge on any atom is 0.275 e. The van der Waals surface area contributed by atoms with E-state index in [2.05, 4.69) is 93.5 Å². The average molecular weight is 790 g/mol. The fraction of sp³-hybridized carbons (Fsp3) is 0.840. The molecule has 0 amide bonds. The van der Waals surface area contributed by atoms with Crippen molar-refractivity contribution in [2.75, 3.05) is 24.6 Å². The summed E-state index contributed by atoms with van der Waals surface area (Å²) < 4.78 is 11.6. The predicted octanol–water partition coefficient (Wildman–Crippen LogP) is 18.5. The van der Waals surface area contributed by atoms with E-state index in [4.69, 9.17) is 9.05 Å². The van der Waals surface area contributed by atoms with E-state index in [0.717, 1.165) is 24.4 Å². The normalized spacial score (nSPS) is 16.5. The van der Waals surface area contributed by atoms with Crippen LogP contribution in [0.15, 0.2) is 47.0 Å². The van der Waals surface area contributed by atoms with Crippen molar-refractivity contribution < 1.29 is 9.05 Å². The Balaban J connectivity index is 0.000000591. The zero-order valence-corrected chi connectivity index (χ0v) is 40.2. The van der Waals surface area contributed by atoms with Gasteiger partial charge in [0, 0.05) is 7.26 Å². The number of hydrogen-bond donors (Lipinski definition) is 0. The van der Waals surface area contributed by atoms with E-state index < -0.39 is 7.26 Å². The molecule has 0 saturated heterocycles. The monoisotopic (exact) mass is 790 g/mol. The maximum atomic E-state index is 5.82. The molecule has 0 heterocycles. The summed E-state index contributed by atoms with van der Waals surface area (Å²) in [4.78, 5) is 0. The third-order valence-electron chi connectivity index (χ3n) is 11.9. The van der Waals surface area contributed by atoms with Crippen LogP contribution in [0.25, 0.3) is 0 Å². The molecule has 0 saturated carbocycles. The van der Waals surface area contributed by atoms with Crippen molar-refractivity contribution in [3.05, 3.63) is 47.0 Å². The van der Waals surface area contributed by atoms with E-state index in [1.165, 1.54) is 140 Å². The van der Waals surface area contributed by atoms with Crippen LogP contribution in [-0.4, -0.2) is 24.6 Å². The van der Waals surface area contributed by atoms with Crippen LogP contribution in [-0.2, 0) is 9.05 Å². The van der Waals surface area contributed by atoms with Gasteiger partial charge in [0.2, 0.25) is 0 Å². The van der Waals surface area contributed by atoms with Gasteiger partial charge in [-0.1, -0.05) is 170 Å². The van der Waals surface area contributed by atoms with Gasteiger partial charge in [0.25, 0.3) is 9.03 Å². The Morgan fingerprint density at radius 2 is 0.704 bits per heavy atom. The van der Waals surface area contributed by atoms with Crippen LogP contribution in [0.4, 0.5) is 0 Å². The first-order chi connectivity index (χ1) is 25.9. The molecule has 0 fully saturated rings. The second-order valence-electron chi connectivity index (χ2n) is 18.9. The quantitative estimate of drug-likeness (QED) is 0.0499. The van der Waals surface area contributed by atoms with Gasteiger partial charge in [-0.05, 0) is 112 Å². The van der Waals surface area contributed by atoms with Crippen molar-refractivity contribution in [2.45, 2.75) is 236 Å². The van der Waals surface area contributed by atoms with Gasteiger partial charge in [0.05, 0.1) is 24.6 Å². The molecule has 0 aromatic heterocycles. The molecular weight excluding hydrogens is 694 g/mol. The smallest absolute Gasteiger partial charge is 0.275 e. The Bertz CT molecular complexity index is 970. The number of unbranched alkanes of at least 4 members (excludes halogenated alkanes) is 20. The van der Waals surface area contributed by atoms with E-state index in [0.29, 0.717) is 0 Å². The van der Waals surface area contributed by atoms with E-state index in [-0.39, 0.29) is 19.9 Å². The van der Waals surface area contributed by atoms with Crippen LogP contribution >= 0.6 is 16.3 Å². The van der Waals surface area contributed by atoms with Crippen LogP contribution in [0.3, 0.4) is 0 Å². The molecule has 0 bridgehead atoms. The lowest BCUT2D eigenvalue weighted by Gasteiger charge is -2.28. The first-order valence-corrected chi connectivity index (χ1v) is 27.0. The highest BCUT2D eigenvalue weighted by Crippen LogP contribution is 2.61. The van der Waals surface area contributed by atoms with Crippen molar-refractivity contribution in [1.29, 1.82) is 0 Å². The summed E-state index contributed by atoms with van der Waals surface area (Å²) in [5.41, 5.74) is 3.06. The van der Waals surface area contributed by atoms with Crippen molar-refractivity contribution in [1.82, 2.24) is 0 Å². The minimum absolute atomic E-state index is 0.0117. The Morgan fingerprint density at radius 1 is 0.444 bits per heavy atom. The molecule has 54 heavy (non-hydrogen) atoms. The second kappa shape index (κ2) is 31.4. The third kappa shape index (κ3) is 25.6. The molecule has 0 N–H and O–H groups in total. The fourth-order valence-corrected chi connectivity index (χ4v) is 14.1. The van der Waals surface area contributed by atoms with Gasteiger partial charge in [-0.2, -0.15) is 0 Å². The third-order valence-corrected chi connectivity index (χ3v) is 17.6. The van der Waals surface area contributed by atoms with Gasteiger partial charge in [-0.25, -0.2) is 0 Å². The van der Waals surface area contributed by atoms with Gasteiger partial charge in [0.1, 0.15) is 11.5 Å². The van der Waals surface area contributed by atoms with Crippen LogP contribution in [0.2, 0.25) is 0 Å². The Hall–Kier alpha value is -0.580. The van der Waals surface area contributed by atoms with E-state index >= 15 is 0 Å². The number of allylic oxidation sites excluding steroid dienone is 6. The molecule has 4 heteroatoms. The lowest BCUT2D eigenvalue weighted by molar-refractivity contribution is 0.361. The number of hydrogen-bond acceptors (Lipinski definition) is 2. The summed E-state index contributed by atoms with van der Waals surface area (Å²) in [5.74, 6) is 1.93. The van der Waals surface area contributed by atoms with Gasteiger partial charge < -0.3 is 9.05 Å². The van der Waals surface area contributed by atoms with Crippen LogP contribution in [0, 0.1) is 10.8 Å². The first kappa shape index (κ1) is 51.4. The standard InChI is InChI=1S/C32H68P.C18H27O2P/c1-5-9-13-17-18-19-20-21-22-23-24-28-32-33(29-25-14-10-6-2,30-26-15-11-7-3)31-27-16-12-8-4;1-13-11-17(3,4)9-7-15(13)19-21-20-16-8-10-18(5,6)12-14(16)2/h5-32H2,1-4H3;7-10,21H,11-12H2,1-6H3/q+1;. The van der Waals surface area contributed by atoms with E-state index in [9.17, 15) is 0 Å². The molecule has 0 spiro atoms. The van der Waals surface area contributed by atoms with Crippen molar-refractivity contribution in [2.24, 2.45) is 10.8 Å². The van der Waals surface area contributed by atoms with E-state index in [1.54, 1.807) is 50.3 Å². The zero-order valence-electron chi connectivity index (χ0n) is 38.3. The summed E-state index contributed by atoms with van der Waals surface area (Å²) >= 11 is 0. The second-order valence-corrected chi connectivity index (χ2v) is 23.9. The molecule has 0 aliphatic heterocycles. The average Bonchev–Trinajstić information content (AvgIpc) is 3.12. The topological polar surface area (TPSA) is 18.5 Å². The van der Waals surface area contributed by atoms with Gasteiger partial charge in [0.15, 0.2) is 0 Å². The molecule has 2 rings (SSSR count).